The third-order valence-corrected chi connectivity index (χ3v) is 4.59. The average Bonchev–Trinajstić information content (AvgIpc) is 2.99. The average molecular weight is 272 g/mol. The fraction of sp³-hybridized carbons (Fsp3) is 1.00. The summed E-state index contributed by atoms with van der Waals surface area (Å²) >= 11 is 0. The first-order valence-corrected chi connectivity index (χ1v) is 6.96. The molecule has 98 valence electrons. The molecule has 0 radical (unpaired) electrons. The molecule has 16 heavy (non-hydrogen) atoms. The van der Waals surface area contributed by atoms with Crippen molar-refractivity contribution in [1.82, 2.24) is 9.03 Å². The summed E-state index contributed by atoms with van der Waals surface area (Å²) in [6.07, 6.45) is 2.17. The van der Waals surface area contributed by atoms with E-state index in [1.807, 2.05) is 13.8 Å². The van der Waals surface area contributed by atoms with Crippen LogP contribution in [0.2, 0.25) is 0 Å². The molecule has 0 bridgehead atoms. The SMILES string of the molecule is CCN(CC)S(=O)(=O)NC(CN)C1CC1.Cl. The zero-order valence-corrected chi connectivity index (χ0v) is 11.5. The molecule has 0 aromatic rings. The summed E-state index contributed by atoms with van der Waals surface area (Å²) in [6, 6.07) is -0.0874. The van der Waals surface area contributed by atoms with Gasteiger partial charge in [0.15, 0.2) is 0 Å². The molecule has 0 aliphatic heterocycles. The van der Waals surface area contributed by atoms with Gasteiger partial charge in [0.2, 0.25) is 0 Å². The van der Waals surface area contributed by atoms with Gasteiger partial charge in [-0.3, -0.25) is 0 Å². The Morgan fingerprint density at radius 3 is 2.19 bits per heavy atom. The molecule has 1 aliphatic rings. The lowest BCUT2D eigenvalue weighted by atomic mass is 10.2. The monoisotopic (exact) mass is 271 g/mol. The van der Waals surface area contributed by atoms with Crippen molar-refractivity contribution in [3.8, 4) is 0 Å². The van der Waals surface area contributed by atoms with E-state index in [9.17, 15) is 8.42 Å². The number of nitrogens with zero attached hydrogens (tertiary/aromatic N) is 1. The van der Waals surface area contributed by atoms with Gasteiger partial charge in [0.05, 0.1) is 0 Å². The topological polar surface area (TPSA) is 75.4 Å². The Hall–Kier alpha value is 0.120. The lowest BCUT2D eigenvalue weighted by molar-refractivity contribution is 0.418. The van der Waals surface area contributed by atoms with Crippen LogP contribution in [0.4, 0.5) is 0 Å². The zero-order valence-electron chi connectivity index (χ0n) is 9.85. The summed E-state index contributed by atoms with van der Waals surface area (Å²) in [5.74, 6) is 0.445. The summed E-state index contributed by atoms with van der Waals surface area (Å²) in [7, 11) is -3.34. The maximum Gasteiger partial charge on any atom is 0.279 e. The first-order chi connectivity index (χ1) is 7.05. The summed E-state index contributed by atoms with van der Waals surface area (Å²) < 4.78 is 27.8. The lowest BCUT2D eigenvalue weighted by Gasteiger charge is -2.23. The van der Waals surface area contributed by atoms with Crippen LogP contribution in [0.1, 0.15) is 26.7 Å². The number of nitrogens with two attached hydrogens (primary N) is 1. The van der Waals surface area contributed by atoms with E-state index in [0.717, 1.165) is 12.8 Å². The van der Waals surface area contributed by atoms with Crippen molar-refractivity contribution in [2.24, 2.45) is 11.7 Å². The van der Waals surface area contributed by atoms with Gasteiger partial charge in [-0.15, -0.1) is 12.4 Å². The van der Waals surface area contributed by atoms with Crippen molar-refractivity contribution >= 4 is 22.6 Å². The summed E-state index contributed by atoms with van der Waals surface area (Å²) in [6.45, 7) is 5.03. The summed E-state index contributed by atoms with van der Waals surface area (Å²) in [4.78, 5) is 0. The van der Waals surface area contributed by atoms with Gasteiger partial charge in [-0.05, 0) is 18.8 Å². The van der Waals surface area contributed by atoms with Gasteiger partial charge < -0.3 is 5.73 Å². The van der Waals surface area contributed by atoms with Crippen molar-refractivity contribution < 1.29 is 8.42 Å². The largest absolute Gasteiger partial charge is 0.329 e. The first kappa shape index (κ1) is 16.1. The molecule has 5 nitrogen and oxygen atoms in total. The Morgan fingerprint density at radius 2 is 1.88 bits per heavy atom. The van der Waals surface area contributed by atoms with Gasteiger partial charge in [-0.2, -0.15) is 17.4 Å². The zero-order chi connectivity index (χ0) is 11.5. The third kappa shape index (κ3) is 4.18. The highest BCUT2D eigenvalue weighted by molar-refractivity contribution is 7.87. The Morgan fingerprint density at radius 1 is 1.38 bits per heavy atom. The first-order valence-electron chi connectivity index (χ1n) is 5.52. The van der Waals surface area contributed by atoms with E-state index < -0.39 is 10.2 Å². The molecule has 3 N–H and O–H groups in total. The number of halogens is 1. The van der Waals surface area contributed by atoms with Crippen LogP contribution in [0, 0.1) is 5.92 Å². The predicted molar refractivity (Wildman–Crippen MR) is 67.8 cm³/mol. The van der Waals surface area contributed by atoms with E-state index in [1.165, 1.54) is 4.31 Å². The van der Waals surface area contributed by atoms with Gasteiger partial charge in [0, 0.05) is 25.7 Å². The van der Waals surface area contributed by atoms with Crippen LogP contribution in [0.5, 0.6) is 0 Å². The van der Waals surface area contributed by atoms with E-state index in [0.29, 0.717) is 25.6 Å². The second-order valence-corrected chi connectivity index (χ2v) is 5.59. The molecule has 0 saturated heterocycles. The minimum absolute atomic E-state index is 0. The van der Waals surface area contributed by atoms with Crippen molar-refractivity contribution in [3.05, 3.63) is 0 Å². The van der Waals surface area contributed by atoms with Crippen LogP contribution >= 0.6 is 12.4 Å². The summed E-state index contributed by atoms with van der Waals surface area (Å²) in [5.41, 5.74) is 5.56. The van der Waals surface area contributed by atoms with Crippen LogP contribution in [-0.4, -0.2) is 38.4 Å². The highest BCUT2D eigenvalue weighted by Crippen LogP contribution is 2.32. The second kappa shape index (κ2) is 6.76. The van der Waals surface area contributed by atoms with Crippen LogP contribution < -0.4 is 10.5 Å². The van der Waals surface area contributed by atoms with E-state index in [1.54, 1.807) is 0 Å². The molecule has 0 amide bonds. The molecule has 7 heteroatoms. The van der Waals surface area contributed by atoms with E-state index in [2.05, 4.69) is 4.72 Å². The van der Waals surface area contributed by atoms with Crippen LogP contribution in [0.3, 0.4) is 0 Å². The maximum absolute atomic E-state index is 11.9. The van der Waals surface area contributed by atoms with Crippen LogP contribution in [0.25, 0.3) is 0 Å². The lowest BCUT2D eigenvalue weighted by Crippen LogP contribution is -2.48. The van der Waals surface area contributed by atoms with Crippen molar-refractivity contribution in [2.45, 2.75) is 32.7 Å². The minimum atomic E-state index is -3.34. The number of nitrogens with one attached hydrogen (secondary N) is 1. The molecule has 0 spiro atoms. The van der Waals surface area contributed by atoms with Gasteiger partial charge in [-0.25, -0.2) is 0 Å². The maximum atomic E-state index is 11.9. The molecule has 1 rings (SSSR count). The quantitative estimate of drug-likeness (QED) is 0.700. The van der Waals surface area contributed by atoms with E-state index in [-0.39, 0.29) is 18.4 Å². The fourth-order valence-corrected chi connectivity index (χ4v) is 3.16. The molecule has 0 aromatic heterocycles. The fourth-order valence-electron chi connectivity index (χ4n) is 1.66. The Bertz CT molecular complexity index is 289. The third-order valence-electron chi connectivity index (χ3n) is 2.79. The van der Waals surface area contributed by atoms with Gasteiger partial charge in [0.1, 0.15) is 0 Å². The molecule has 1 aliphatic carbocycles. The van der Waals surface area contributed by atoms with E-state index in [4.69, 9.17) is 5.73 Å². The van der Waals surface area contributed by atoms with Gasteiger partial charge in [0.25, 0.3) is 10.2 Å². The predicted octanol–water partition coefficient (Wildman–Crippen LogP) is 0.322. The molecular weight excluding hydrogens is 250 g/mol. The molecule has 1 saturated carbocycles. The molecule has 1 fully saturated rings. The summed E-state index contributed by atoms with van der Waals surface area (Å²) in [5, 5.41) is 0. The molecule has 1 atom stereocenters. The molecule has 1 unspecified atom stereocenters. The molecule has 0 aromatic carbocycles. The number of hydrogen-bond acceptors (Lipinski definition) is 3. The normalized spacial score (nSPS) is 18.2. The van der Waals surface area contributed by atoms with Gasteiger partial charge >= 0.3 is 0 Å². The highest BCUT2D eigenvalue weighted by atomic mass is 35.5. The standard InChI is InChI=1S/C9H21N3O2S.ClH/c1-3-12(4-2)15(13,14)11-9(7-10)8-5-6-8;/h8-9,11H,3-7,10H2,1-2H3;1H. The van der Waals surface area contributed by atoms with Gasteiger partial charge in [-0.1, -0.05) is 13.8 Å². The smallest absolute Gasteiger partial charge is 0.279 e. The Kier molecular flexibility index (Phi) is 6.81. The molecule has 0 heterocycles. The molecular formula is C9H22ClN3O2S. The van der Waals surface area contributed by atoms with Crippen molar-refractivity contribution in [3.63, 3.8) is 0 Å². The minimum Gasteiger partial charge on any atom is -0.329 e. The Labute approximate surface area is 104 Å². The van der Waals surface area contributed by atoms with Crippen LogP contribution in [-0.2, 0) is 10.2 Å². The highest BCUT2D eigenvalue weighted by Gasteiger charge is 2.34. The van der Waals surface area contributed by atoms with Crippen molar-refractivity contribution in [2.75, 3.05) is 19.6 Å². The van der Waals surface area contributed by atoms with E-state index >= 15 is 0 Å². The second-order valence-electron chi connectivity index (χ2n) is 3.89. The van der Waals surface area contributed by atoms with Crippen LogP contribution in [0.15, 0.2) is 0 Å². The number of hydrogen-bond donors (Lipinski definition) is 2. The van der Waals surface area contributed by atoms with Crippen molar-refractivity contribution in [1.29, 1.82) is 0 Å². The number of rotatable bonds is 7. The Balaban J connectivity index is 0.00000225.